The van der Waals surface area contributed by atoms with Crippen molar-refractivity contribution in [1.29, 1.82) is 0 Å². The second kappa shape index (κ2) is 29.3. The molecule has 1 aromatic carbocycles. The van der Waals surface area contributed by atoms with Crippen molar-refractivity contribution in [3.63, 3.8) is 0 Å². The summed E-state index contributed by atoms with van der Waals surface area (Å²) in [6, 6.07) is -0.274. The highest BCUT2D eigenvalue weighted by molar-refractivity contribution is 5.98. The number of aliphatic carboxylic acids is 2. The Morgan fingerprint density at radius 2 is 1.00 bits per heavy atom. The predicted molar refractivity (Wildman–Crippen MR) is 238 cm³/mol. The van der Waals surface area contributed by atoms with E-state index in [0.717, 1.165) is 5.56 Å². The topological polar surface area (TPSA) is 373 Å². The van der Waals surface area contributed by atoms with Crippen LogP contribution in [-0.2, 0) is 54.4 Å². The lowest BCUT2D eigenvalue weighted by atomic mass is 9.99. The van der Waals surface area contributed by atoms with E-state index in [1.54, 1.807) is 27.7 Å². The summed E-state index contributed by atoms with van der Waals surface area (Å²) < 4.78 is 0. The third-order valence-corrected chi connectivity index (χ3v) is 9.71. The van der Waals surface area contributed by atoms with Crippen LogP contribution in [0.25, 0.3) is 0 Å². The Balaban J connectivity index is 3.19. The summed E-state index contributed by atoms with van der Waals surface area (Å²) >= 11 is 0. The summed E-state index contributed by atoms with van der Waals surface area (Å²) in [6.07, 6.45) is -0.336. The Hall–Kier alpha value is -6.16. The molecule has 0 radical (unpaired) electrons. The largest absolute Gasteiger partial charge is 0.481 e. The van der Waals surface area contributed by atoms with Gasteiger partial charge in [-0.1, -0.05) is 71.9 Å². The first-order valence-corrected chi connectivity index (χ1v) is 21.7. The zero-order valence-electron chi connectivity index (χ0n) is 38.1. The van der Waals surface area contributed by atoms with Gasteiger partial charge in [-0.2, -0.15) is 0 Å². The van der Waals surface area contributed by atoms with Crippen LogP contribution < -0.4 is 54.4 Å². The number of primary amides is 1. The lowest BCUT2D eigenvalue weighted by molar-refractivity contribution is -0.147. The molecule has 0 saturated carbocycles. The number of rotatable bonds is 31. The van der Waals surface area contributed by atoms with Gasteiger partial charge in [0.05, 0.1) is 25.4 Å². The van der Waals surface area contributed by atoms with Gasteiger partial charge in [-0.15, -0.1) is 0 Å². The first kappa shape index (κ1) is 56.9. The molecule has 0 unspecified atom stereocenters. The average molecular weight is 919 g/mol. The molecule has 0 aromatic heterocycles. The van der Waals surface area contributed by atoms with Gasteiger partial charge in [0.15, 0.2) is 0 Å². The molecule has 0 aliphatic carbocycles. The minimum absolute atomic E-state index is 0.00181. The molecule has 22 nitrogen and oxygen atoms in total. The molecule has 0 fully saturated rings. The van der Waals surface area contributed by atoms with Gasteiger partial charge in [-0.05, 0) is 74.8 Å². The molecule has 0 spiro atoms. The Morgan fingerprint density at radius 3 is 1.46 bits per heavy atom. The number of nitrogens with two attached hydrogens (primary N) is 3. The Bertz CT molecular complexity index is 1780. The molecule has 1 rings (SSSR count). The minimum Gasteiger partial charge on any atom is -0.481 e. The average Bonchev–Trinajstić information content (AvgIpc) is 3.20. The summed E-state index contributed by atoms with van der Waals surface area (Å²) in [7, 11) is 0. The van der Waals surface area contributed by atoms with Crippen LogP contribution in [-0.4, -0.2) is 125 Å². The summed E-state index contributed by atoms with van der Waals surface area (Å²) in [6.45, 7) is 10.3. The van der Waals surface area contributed by atoms with Crippen molar-refractivity contribution in [2.24, 2.45) is 35.0 Å². The van der Waals surface area contributed by atoms with Crippen LogP contribution in [0.15, 0.2) is 30.3 Å². The highest BCUT2D eigenvalue weighted by atomic mass is 16.4. The van der Waals surface area contributed by atoms with Crippen LogP contribution in [0.5, 0.6) is 0 Å². The summed E-state index contributed by atoms with van der Waals surface area (Å²) in [5.74, 6) is -10.3. The molecule has 0 aliphatic rings. The van der Waals surface area contributed by atoms with Crippen LogP contribution in [0.4, 0.5) is 0 Å². The molecule has 0 saturated heterocycles. The fourth-order valence-corrected chi connectivity index (χ4v) is 6.52. The van der Waals surface area contributed by atoms with E-state index in [2.05, 4.69) is 37.2 Å². The lowest BCUT2D eigenvalue weighted by Gasteiger charge is -2.28. The first-order chi connectivity index (χ1) is 30.4. The van der Waals surface area contributed by atoms with E-state index in [9.17, 15) is 53.1 Å². The molecule has 0 aliphatic heterocycles. The Labute approximate surface area is 379 Å². The molecule has 1 aromatic rings. The molecule has 8 amide bonds. The normalized spacial score (nSPS) is 14.4. The second-order valence-corrected chi connectivity index (χ2v) is 17.2. The fourth-order valence-electron chi connectivity index (χ4n) is 6.52. The number of carboxylic acid groups (broad SMARTS) is 2. The summed E-state index contributed by atoms with van der Waals surface area (Å²) in [5.41, 5.74) is 18.0. The minimum atomic E-state index is -1.78. The van der Waals surface area contributed by atoms with Crippen LogP contribution >= 0.6 is 0 Å². The molecular weight excluding hydrogens is 849 g/mol. The number of hydrogen-bond acceptors (Lipinski definition) is 12. The molecule has 15 N–H and O–H groups in total. The van der Waals surface area contributed by atoms with Crippen LogP contribution in [0.1, 0.15) is 98.5 Å². The molecule has 65 heavy (non-hydrogen) atoms. The Kier molecular flexibility index (Phi) is 25.6. The van der Waals surface area contributed by atoms with Gasteiger partial charge in [0.25, 0.3) is 0 Å². The zero-order valence-corrected chi connectivity index (χ0v) is 38.1. The van der Waals surface area contributed by atoms with E-state index in [-0.39, 0.29) is 56.4 Å². The van der Waals surface area contributed by atoms with Crippen molar-refractivity contribution < 1.29 is 58.2 Å². The van der Waals surface area contributed by atoms with Crippen molar-refractivity contribution >= 4 is 59.2 Å². The lowest BCUT2D eigenvalue weighted by Crippen LogP contribution is -2.60. The third-order valence-electron chi connectivity index (χ3n) is 9.71. The maximum atomic E-state index is 13.8. The van der Waals surface area contributed by atoms with Gasteiger partial charge < -0.3 is 64.6 Å². The molecule has 0 bridgehead atoms. The van der Waals surface area contributed by atoms with Crippen molar-refractivity contribution in [2.45, 2.75) is 142 Å². The van der Waals surface area contributed by atoms with Gasteiger partial charge in [-0.3, -0.25) is 43.2 Å². The van der Waals surface area contributed by atoms with Gasteiger partial charge in [0, 0.05) is 0 Å². The number of amides is 8. The number of carbonyl (C=O) groups is 10. The van der Waals surface area contributed by atoms with Gasteiger partial charge in [0.2, 0.25) is 47.3 Å². The van der Waals surface area contributed by atoms with Crippen molar-refractivity contribution in [3.8, 4) is 0 Å². The van der Waals surface area contributed by atoms with E-state index in [1.165, 1.54) is 0 Å². The van der Waals surface area contributed by atoms with Crippen LogP contribution in [0.3, 0.4) is 0 Å². The number of carbonyl (C=O) groups excluding carboxylic acids is 8. The van der Waals surface area contributed by atoms with E-state index in [0.29, 0.717) is 12.8 Å². The van der Waals surface area contributed by atoms with Gasteiger partial charge in [0.1, 0.15) is 36.3 Å². The number of carboxylic acids is 2. The number of nitrogens with one attached hydrogen (secondary N) is 7. The highest BCUT2D eigenvalue weighted by Gasteiger charge is 2.34. The maximum Gasteiger partial charge on any atom is 0.326 e. The standard InChI is InChI=1S/C43H70N10O12/c1-23(2)16-29(38(59)47-22-35(55)48-28(14-10-11-15-44)39(60)53-33(43(64)65)21-36(56)57)50-42(63)32(20-34(46)54)52-41(62)31(18-25(5)6)51-40(61)30(17-24(3)4)49-37(58)27(45)19-26-12-8-7-9-13-26/h7-9,12-13,23-25,27-33H,10-11,14-22,44-45H2,1-6H3,(H2,46,54)(H,47,59)(H,48,55)(H,49,58)(H,50,63)(H,51,61)(H,52,62)(H,53,60)(H,56,57)(H,64,65)/t27-,28-,29-,30-,31-,32-,33-/m0/s1. The van der Waals surface area contributed by atoms with Crippen molar-refractivity contribution in [3.05, 3.63) is 35.9 Å². The SMILES string of the molecule is CC(C)C[C@H](NC(=O)[C@H](CC(N)=O)NC(=O)[C@H](CC(C)C)NC(=O)[C@H](CC(C)C)NC(=O)[C@@H](N)Cc1ccccc1)C(=O)NCC(=O)N[C@@H](CCCCN)C(=O)N[C@@H](CC(=O)O)C(=O)O. The second-order valence-electron chi connectivity index (χ2n) is 17.2. The monoisotopic (exact) mass is 919 g/mol. The Morgan fingerprint density at radius 1 is 0.554 bits per heavy atom. The van der Waals surface area contributed by atoms with Crippen LogP contribution in [0.2, 0.25) is 0 Å². The molecule has 364 valence electrons. The summed E-state index contributed by atoms with van der Waals surface area (Å²) in [5, 5.41) is 35.6. The van der Waals surface area contributed by atoms with Gasteiger partial charge >= 0.3 is 11.9 Å². The van der Waals surface area contributed by atoms with Crippen molar-refractivity contribution in [2.75, 3.05) is 13.1 Å². The van der Waals surface area contributed by atoms with Crippen molar-refractivity contribution in [1.82, 2.24) is 37.2 Å². The molecular formula is C43H70N10O12. The zero-order chi connectivity index (χ0) is 49.4. The molecule has 0 heterocycles. The number of hydrogen-bond donors (Lipinski definition) is 12. The van der Waals surface area contributed by atoms with E-state index >= 15 is 0 Å². The highest BCUT2D eigenvalue weighted by Crippen LogP contribution is 2.12. The maximum absolute atomic E-state index is 13.8. The number of unbranched alkanes of at least 4 members (excludes halogenated alkanes) is 1. The molecule has 22 heteroatoms. The smallest absolute Gasteiger partial charge is 0.326 e. The van der Waals surface area contributed by atoms with Crippen LogP contribution in [0, 0.1) is 17.8 Å². The van der Waals surface area contributed by atoms with Gasteiger partial charge in [-0.25, -0.2) is 4.79 Å². The predicted octanol–water partition coefficient (Wildman–Crippen LogP) is -1.72. The van der Waals surface area contributed by atoms with E-state index < -0.39 is 121 Å². The third kappa shape index (κ3) is 23.4. The fraction of sp³-hybridized carbons (Fsp3) is 0.628. The van der Waals surface area contributed by atoms with E-state index in [4.69, 9.17) is 22.3 Å². The summed E-state index contributed by atoms with van der Waals surface area (Å²) in [4.78, 5) is 129. The molecule has 7 atom stereocenters. The van der Waals surface area contributed by atoms with E-state index in [1.807, 2.05) is 44.2 Å². The quantitative estimate of drug-likeness (QED) is 0.0369. The first-order valence-electron chi connectivity index (χ1n) is 21.7. The number of benzene rings is 1.